The normalized spacial score (nSPS) is 12.1. The summed E-state index contributed by atoms with van der Waals surface area (Å²) in [6.07, 6.45) is 1.96. The van der Waals surface area contributed by atoms with Crippen LogP contribution in [0.25, 0.3) is 21.5 Å². The molecule has 0 saturated carbocycles. The highest BCUT2D eigenvalue weighted by atomic mass is 19.1. The van der Waals surface area contributed by atoms with E-state index in [1.165, 1.54) is 0 Å². The number of aromatic nitrogens is 2. The van der Waals surface area contributed by atoms with Crippen LogP contribution in [0.2, 0.25) is 0 Å². The van der Waals surface area contributed by atoms with Crippen molar-refractivity contribution in [3.63, 3.8) is 0 Å². The molecule has 0 N–H and O–H groups in total. The first-order valence-electron chi connectivity index (χ1n) is 14.8. The van der Waals surface area contributed by atoms with Crippen molar-refractivity contribution in [3.8, 4) is 23.7 Å². The molecule has 2 aromatic heterocycles. The van der Waals surface area contributed by atoms with Crippen LogP contribution in [0.5, 0.6) is 0 Å². The molecule has 6 rings (SSSR count). The van der Waals surface area contributed by atoms with E-state index in [9.17, 15) is 8.78 Å². The monoisotopic (exact) mass is 592 g/mol. The Morgan fingerprint density at radius 1 is 0.533 bits per heavy atom. The third kappa shape index (κ3) is 7.98. The first-order chi connectivity index (χ1) is 22.1. The zero-order valence-electron chi connectivity index (χ0n) is 24.6. The molecule has 0 saturated heterocycles. The number of ether oxygens (including phenoxy) is 1. The molecule has 0 bridgehead atoms. The number of fused-ring (bicyclic) bond motifs is 2. The average molecular weight is 593 g/mol. The van der Waals surface area contributed by atoms with Crippen LogP contribution in [0.4, 0.5) is 8.78 Å². The number of benzene rings is 4. The van der Waals surface area contributed by atoms with Crippen LogP contribution in [0, 0.1) is 23.7 Å². The summed E-state index contributed by atoms with van der Waals surface area (Å²) in [6.45, 7) is -0.645. The Labute approximate surface area is 261 Å². The van der Waals surface area contributed by atoms with Gasteiger partial charge in [0, 0.05) is 47.1 Å². The summed E-state index contributed by atoms with van der Waals surface area (Å²) in [7, 11) is 0. The minimum absolute atomic E-state index is 0.323. The first kappa shape index (κ1) is 29.7. The summed E-state index contributed by atoms with van der Waals surface area (Å²) in [5, 5.41) is 4.57. The Balaban J connectivity index is 0.953. The summed E-state index contributed by atoms with van der Waals surface area (Å²) < 4.78 is 33.8. The second kappa shape index (κ2) is 14.4. The Morgan fingerprint density at radius 2 is 0.956 bits per heavy atom. The number of nitrogens with zero attached hydrogens (tertiary/aromatic N) is 2. The highest BCUT2D eigenvalue weighted by Crippen LogP contribution is 2.21. The summed E-state index contributed by atoms with van der Waals surface area (Å²) in [5.41, 5.74) is 5.59. The molecule has 4 aromatic carbocycles. The molecule has 0 aliphatic carbocycles. The molecule has 220 valence electrons. The highest BCUT2D eigenvalue weighted by molar-refractivity contribution is 5.85. The summed E-state index contributed by atoms with van der Waals surface area (Å²) in [6, 6.07) is 35.7. The van der Waals surface area contributed by atoms with Gasteiger partial charge in [0.25, 0.3) is 0 Å². The van der Waals surface area contributed by atoms with E-state index in [1.807, 2.05) is 97.3 Å². The van der Waals surface area contributed by atoms with Crippen molar-refractivity contribution in [1.82, 2.24) is 9.97 Å². The maximum Gasteiger partial charge on any atom is 0.184 e. The number of hydrogen-bond donors (Lipinski definition) is 0. The molecular formula is C40H30F2N2O. The fraction of sp³-hybridized carbons (Fsp3) is 0.150. The van der Waals surface area contributed by atoms with Gasteiger partial charge in [0.05, 0.1) is 24.6 Å². The van der Waals surface area contributed by atoms with Gasteiger partial charge in [0.2, 0.25) is 0 Å². The van der Waals surface area contributed by atoms with Crippen LogP contribution >= 0.6 is 0 Å². The summed E-state index contributed by atoms with van der Waals surface area (Å²) in [4.78, 5) is 9.09. The van der Waals surface area contributed by atoms with Crippen LogP contribution in [0.15, 0.2) is 122 Å². The predicted molar refractivity (Wildman–Crippen MR) is 176 cm³/mol. The largest absolute Gasteiger partial charge is 0.373 e. The molecule has 0 aliphatic heterocycles. The van der Waals surface area contributed by atoms with Crippen LogP contribution in [0.1, 0.15) is 33.6 Å². The minimum Gasteiger partial charge on any atom is -0.373 e. The zero-order valence-corrected chi connectivity index (χ0v) is 24.6. The van der Waals surface area contributed by atoms with Gasteiger partial charge in [-0.25, -0.2) is 8.78 Å². The lowest BCUT2D eigenvalue weighted by Crippen LogP contribution is -2.14. The molecule has 0 fully saturated rings. The lowest BCUT2D eigenvalue weighted by atomic mass is 10.0. The van der Waals surface area contributed by atoms with Gasteiger partial charge in [-0.15, -0.1) is 0 Å². The predicted octanol–water partition coefficient (Wildman–Crippen LogP) is 8.06. The molecule has 2 atom stereocenters. The fourth-order valence-electron chi connectivity index (χ4n) is 5.13. The van der Waals surface area contributed by atoms with E-state index in [4.69, 9.17) is 4.74 Å². The van der Waals surface area contributed by atoms with Crippen molar-refractivity contribution >= 4 is 21.5 Å². The molecule has 6 aromatic rings. The van der Waals surface area contributed by atoms with Gasteiger partial charge in [-0.3, -0.25) is 9.97 Å². The summed E-state index contributed by atoms with van der Waals surface area (Å²) >= 11 is 0. The van der Waals surface area contributed by atoms with E-state index in [0.717, 1.165) is 44.1 Å². The quantitative estimate of drug-likeness (QED) is 0.168. The second-order valence-electron chi connectivity index (χ2n) is 10.7. The van der Waals surface area contributed by atoms with Crippen molar-refractivity contribution in [3.05, 3.63) is 155 Å². The molecule has 3 nitrogen and oxygen atoms in total. The standard InChI is InChI=1S/C40H30F2N2O/c41-35(19-17-29-9-13-31(14-10-29)25-39-37-7-3-1-5-33(37)21-23-43-39)27-45-28-36(42)20-18-30-11-15-32(16-12-30)26-40-38-8-4-2-6-34(38)22-24-44-40/h1-16,21-24,35-36H,25-28H2. The maximum absolute atomic E-state index is 14.3. The van der Waals surface area contributed by atoms with Gasteiger partial charge in [0.1, 0.15) is 0 Å². The third-order valence-corrected chi connectivity index (χ3v) is 7.44. The SMILES string of the molecule is FC(C#Cc1ccc(Cc2nccc3ccccc23)cc1)COCC(F)C#Cc1ccc(Cc2nccc3ccccc23)cc1. The van der Waals surface area contributed by atoms with E-state index in [-0.39, 0.29) is 13.2 Å². The molecular weight excluding hydrogens is 562 g/mol. The second-order valence-corrected chi connectivity index (χ2v) is 10.7. The smallest absolute Gasteiger partial charge is 0.184 e. The van der Waals surface area contributed by atoms with E-state index < -0.39 is 12.3 Å². The first-order valence-corrected chi connectivity index (χ1v) is 14.8. The highest BCUT2D eigenvalue weighted by Gasteiger charge is 2.08. The Hall–Kier alpha value is -5.36. The molecule has 45 heavy (non-hydrogen) atoms. The fourth-order valence-corrected chi connectivity index (χ4v) is 5.13. The van der Waals surface area contributed by atoms with Gasteiger partial charge in [-0.1, -0.05) is 96.5 Å². The van der Waals surface area contributed by atoms with Crippen LogP contribution in [0.3, 0.4) is 0 Å². The molecule has 5 heteroatoms. The van der Waals surface area contributed by atoms with Crippen LogP contribution in [-0.4, -0.2) is 35.5 Å². The lowest BCUT2D eigenvalue weighted by molar-refractivity contribution is 0.0739. The topological polar surface area (TPSA) is 35.0 Å². The third-order valence-electron chi connectivity index (χ3n) is 7.44. The van der Waals surface area contributed by atoms with E-state index in [2.05, 4.69) is 57.9 Å². The lowest BCUT2D eigenvalue weighted by Gasteiger charge is -2.06. The molecule has 0 amide bonds. The van der Waals surface area contributed by atoms with Gasteiger partial charge in [-0.2, -0.15) is 0 Å². The molecule has 0 spiro atoms. The number of rotatable bonds is 8. The maximum atomic E-state index is 14.3. The zero-order chi connectivity index (χ0) is 30.8. The average Bonchev–Trinajstić information content (AvgIpc) is 3.08. The number of pyridine rings is 2. The van der Waals surface area contributed by atoms with Gasteiger partial charge < -0.3 is 4.74 Å². The van der Waals surface area contributed by atoms with E-state index in [1.54, 1.807) is 0 Å². The molecule has 0 radical (unpaired) electrons. The van der Waals surface area contributed by atoms with Crippen molar-refractivity contribution in [2.24, 2.45) is 0 Å². The van der Waals surface area contributed by atoms with Gasteiger partial charge >= 0.3 is 0 Å². The van der Waals surface area contributed by atoms with Crippen molar-refractivity contribution in [2.75, 3.05) is 13.2 Å². The Bertz CT molecular complexity index is 1870. The molecule has 2 unspecified atom stereocenters. The van der Waals surface area contributed by atoms with Gasteiger partial charge in [-0.05, 0) is 58.3 Å². The Kier molecular flexibility index (Phi) is 9.51. The summed E-state index contributed by atoms with van der Waals surface area (Å²) in [5.74, 6) is 10.7. The number of halogens is 2. The van der Waals surface area contributed by atoms with Crippen LogP contribution < -0.4 is 0 Å². The number of alkyl halides is 2. The Morgan fingerprint density at radius 3 is 1.40 bits per heavy atom. The van der Waals surface area contributed by atoms with Crippen molar-refractivity contribution in [1.29, 1.82) is 0 Å². The molecule has 0 aliphatic rings. The number of hydrogen-bond acceptors (Lipinski definition) is 3. The van der Waals surface area contributed by atoms with Gasteiger partial charge in [0.15, 0.2) is 12.3 Å². The van der Waals surface area contributed by atoms with E-state index >= 15 is 0 Å². The van der Waals surface area contributed by atoms with Crippen LogP contribution in [-0.2, 0) is 17.6 Å². The van der Waals surface area contributed by atoms with Crippen molar-refractivity contribution < 1.29 is 13.5 Å². The van der Waals surface area contributed by atoms with Crippen molar-refractivity contribution in [2.45, 2.75) is 25.2 Å². The minimum atomic E-state index is -1.53. The van der Waals surface area contributed by atoms with E-state index in [0.29, 0.717) is 24.0 Å². The molecule has 2 heterocycles.